The predicted molar refractivity (Wildman–Crippen MR) is 91.8 cm³/mol. The Morgan fingerprint density at radius 2 is 1.92 bits per heavy atom. The Hall–Kier alpha value is -1.35. The van der Waals surface area contributed by atoms with Gasteiger partial charge in [-0.2, -0.15) is 0 Å². The summed E-state index contributed by atoms with van der Waals surface area (Å²) in [6.45, 7) is 0.0358. The first-order chi connectivity index (χ1) is 12.0. The number of halogens is 1. The number of fused-ring (bicyclic) bond motifs is 1. The molecule has 0 aromatic heterocycles. The van der Waals surface area contributed by atoms with Crippen molar-refractivity contribution in [1.29, 1.82) is 0 Å². The summed E-state index contributed by atoms with van der Waals surface area (Å²) in [6.07, 6.45) is 5.53. The number of amides is 1. The molecule has 4 unspecified atom stereocenters. The lowest BCUT2D eigenvalue weighted by molar-refractivity contribution is -0.123. The van der Waals surface area contributed by atoms with E-state index in [0.717, 1.165) is 31.4 Å². The summed E-state index contributed by atoms with van der Waals surface area (Å²) in [7, 11) is -3.54. The van der Waals surface area contributed by atoms with Gasteiger partial charge in [-0.15, -0.1) is 4.21 Å². The Bertz CT molecular complexity index is 655. The Morgan fingerprint density at radius 3 is 2.68 bits per heavy atom. The average molecular weight is 369 g/mol. The molecule has 1 aliphatic carbocycles. The SMILES string of the molecule is O=C(NCC[S+](=O)([O-])c1ccc(F)cc1)C1NNC2CCCCCC21. The quantitative estimate of drug-likeness (QED) is 0.682. The van der Waals surface area contributed by atoms with E-state index in [1.165, 1.54) is 25.0 Å². The third-order valence-electron chi connectivity index (χ3n) is 5.05. The maximum atomic E-state index is 12.9. The zero-order valence-electron chi connectivity index (χ0n) is 14.0. The molecule has 1 amide bonds. The monoisotopic (exact) mass is 369 g/mol. The van der Waals surface area contributed by atoms with Crippen LogP contribution < -0.4 is 16.2 Å². The van der Waals surface area contributed by atoms with Crippen molar-refractivity contribution in [3.05, 3.63) is 30.1 Å². The Morgan fingerprint density at radius 1 is 1.20 bits per heavy atom. The summed E-state index contributed by atoms with van der Waals surface area (Å²) >= 11 is 0. The van der Waals surface area contributed by atoms with Crippen molar-refractivity contribution in [2.45, 2.75) is 49.1 Å². The van der Waals surface area contributed by atoms with Gasteiger partial charge >= 0.3 is 0 Å². The second kappa shape index (κ2) is 7.90. The number of hydrogen-bond acceptors (Lipinski definition) is 5. The van der Waals surface area contributed by atoms with Crippen molar-refractivity contribution in [1.82, 2.24) is 16.2 Å². The molecule has 1 heterocycles. The van der Waals surface area contributed by atoms with Crippen LogP contribution >= 0.6 is 0 Å². The van der Waals surface area contributed by atoms with Gasteiger partial charge in [0.15, 0.2) is 4.90 Å². The van der Waals surface area contributed by atoms with Crippen LogP contribution in [0.2, 0.25) is 0 Å². The molecule has 1 aromatic rings. The number of rotatable bonds is 5. The van der Waals surface area contributed by atoms with Crippen molar-refractivity contribution in [2.75, 3.05) is 12.3 Å². The molecular weight excluding hydrogens is 345 g/mol. The van der Waals surface area contributed by atoms with E-state index in [4.69, 9.17) is 0 Å². The minimum atomic E-state index is -3.54. The minimum Gasteiger partial charge on any atom is -0.610 e. The number of hydrogen-bond donors (Lipinski definition) is 3. The lowest BCUT2D eigenvalue weighted by atomic mass is 9.90. The molecule has 1 aliphatic heterocycles. The first-order valence-corrected chi connectivity index (χ1v) is 10.4. The molecule has 1 aromatic carbocycles. The molecule has 138 valence electrons. The lowest BCUT2D eigenvalue weighted by Crippen LogP contribution is -2.47. The summed E-state index contributed by atoms with van der Waals surface area (Å²) in [5.74, 6) is -0.615. The molecule has 0 spiro atoms. The average Bonchev–Trinajstić information content (AvgIpc) is 2.84. The van der Waals surface area contributed by atoms with E-state index in [2.05, 4.69) is 16.2 Å². The molecule has 3 N–H and O–H groups in total. The van der Waals surface area contributed by atoms with Crippen LogP contribution in [0.5, 0.6) is 0 Å². The zero-order valence-corrected chi connectivity index (χ0v) is 14.8. The Labute approximate surface area is 148 Å². The highest BCUT2D eigenvalue weighted by Crippen LogP contribution is 2.29. The van der Waals surface area contributed by atoms with E-state index in [-0.39, 0.29) is 35.1 Å². The van der Waals surface area contributed by atoms with Crippen LogP contribution in [0.3, 0.4) is 0 Å². The molecule has 0 bridgehead atoms. The van der Waals surface area contributed by atoms with Crippen molar-refractivity contribution >= 4 is 16.1 Å². The topological polar surface area (TPSA) is 93.3 Å². The van der Waals surface area contributed by atoms with Crippen molar-refractivity contribution in [2.24, 2.45) is 5.92 Å². The van der Waals surface area contributed by atoms with Crippen molar-refractivity contribution in [3.63, 3.8) is 0 Å². The van der Waals surface area contributed by atoms with Crippen LogP contribution in [0.15, 0.2) is 29.2 Å². The molecule has 1 saturated carbocycles. The van der Waals surface area contributed by atoms with Gasteiger partial charge in [0.05, 0.1) is 16.8 Å². The van der Waals surface area contributed by atoms with Gasteiger partial charge in [-0.05, 0) is 37.1 Å². The predicted octanol–water partition coefficient (Wildman–Crippen LogP) is 1.36. The molecule has 2 fully saturated rings. The first kappa shape index (κ1) is 18.4. The molecule has 2 aliphatic rings. The Kier molecular flexibility index (Phi) is 5.83. The van der Waals surface area contributed by atoms with Crippen LogP contribution in [-0.4, -0.2) is 34.8 Å². The van der Waals surface area contributed by atoms with E-state index >= 15 is 0 Å². The van der Waals surface area contributed by atoms with E-state index in [0.29, 0.717) is 6.04 Å². The molecule has 1 saturated heterocycles. The lowest BCUT2D eigenvalue weighted by Gasteiger charge is -2.20. The van der Waals surface area contributed by atoms with E-state index in [1.54, 1.807) is 0 Å². The van der Waals surface area contributed by atoms with Gasteiger partial charge in [0.1, 0.15) is 17.6 Å². The normalized spacial score (nSPS) is 28.6. The van der Waals surface area contributed by atoms with E-state index in [9.17, 15) is 17.9 Å². The number of hydrazine groups is 1. The third-order valence-corrected chi connectivity index (χ3v) is 6.78. The zero-order chi connectivity index (χ0) is 17.9. The van der Waals surface area contributed by atoms with Crippen molar-refractivity contribution in [3.8, 4) is 0 Å². The molecule has 6 nitrogen and oxygen atoms in total. The summed E-state index contributed by atoms with van der Waals surface area (Å²) in [5.41, 5.74) is 6.26. The molecule has 3 rings (SSSR count). The van der Waals surface area contributed by atoms with Crippen LogP contribution in [0.4, 0.5) is 4.39 Å². The number of carbonyl (C=O) groups excluding carboxylic acids is 1. The van der Waals surface area contributed by atoms with Crippen LogP contribution in [0, 0.1) is 11.7 Å². The minimum absolute atomic E-state index is 0.0358. The Balaban J connectivity index is 1.52. The van der Waals surface area contributed by atoms with Crippen LogP contribution in [0.1, 0.15) is 32.1 Å². The molecule has 8 heteroatoms. The fraction of sp³-hybridized carbons (Fsp3) is 0.588. The van der Waals surface area contributed by atoms with Crippen molar-refractivity contribution < 1.29 is 17.9 Å². The van der Waals surface area contributed by atoms with Crippen LogP contribution in [-0.2, 0) is 19.2 Å². The van der Waals surface area contributed by atoms with Gasteiger partial charge in [0, 0.05) is 12.0 Å². The highest BCUT2D eigenvalue weighted by Gasteiger charge is 2.40. The fourth-order valence-electron chi connectivity index (χ4n) is 3.66. The maximum absolute atomic E-state index is 12.9. The highest BCUT2D eigenvalue weighted by molar-refractivity contribution is 7.97. The van der Waals surface area contributed by atoms with Gasteiger partial charge in [-0.3, -0.25) is 10.2 Å². The van der Waals surface area contributed by atoms with Gasteiger partial charge in [-0.25, -0.2) is 9.82 Å². The first-order valence-electron chi connectivity index (χ1n) is 8.74. The number of nitrogens with one attached hydrogen (secondary N) is 3. The standard InChI is InChI=1S/C17H24FN3O3S/c18-12-6-8-13(9-7-12)25(23,24)11-10-19-17(22)16-14-4-2-1-3-5-15(14)20-21-16/h6-9,14-16,20-21H,1-5,10-11H2,(H-,19,22,23,24). The molecular formula is C17H24FN3O3S. The van der Waals surface area contributed by atoms with E-state index < -0.39 is 16.0 Å². The second-order valence-electron chi connectivity index (χ2n) is 6.74. The van der Waals surface area contributed by atoms with Gasteiger partial charge in [-0.1, -0.05) is 19.3 Å². The van der Waals surface area contributed by atoms with Gasteiger partial charge in [0.25, 0.3) is 0 Å². The third kappa shape index (κ3) is 4.44. The molecule has 4 atom stereocenters. The highest BCUT2D eigenvalue weighted by atomic mass is 32.3. The number of carbonyl (C=O) groups is 1. The summed E-state index contributed by atoms with van der Waals surface area (Å²) in [6, 6.07) is 4.70. The second-order valence-corrected chi connectivity index (χ2v) is 8.85. The smallest absolute Gasteiger partial charge is 0.239 e. The number of benzene rings is 1. The maximum Gasteiger partial charge on any atom is 0.239 e. The van der Waals surface area contributed by atoms with Gasteiger partial charge in [0.2, 0.25) is 5.91 Å². The molecule has 25 heavy (non-hydrogen) atoms. The molecule has 0 radical (unpaired) electrons. The van der Waals surface area contributed by atoms with E-state index in [1.807, 2.05) is 0 Å². The summed E-state index contributed by atoms with van der Waals surface area (Å²) in [5, 5.41) is 2.72. The summed E-state index contributed by atoms with van der Waals surface area (Å²) in [4.78, 5) is 12.5. The summed E-state index contributed by atoms with van der Waals surface area (Å²) < 4.78 is 37.3. The van der Waals surface area contributed by atoms with Gasteiger partial charge < -0.3 is 9.87 Å². The fourth-order valence-corrected chi connectivity index (χ4v) is 4.81. The van der Waals surface area contributed by atoms with Crippen LogP contribution in [0.25, 0.3) is 0 Å². The largest absolute Gasteiger partial charge is 0.610 e. The number of sulfone groups is 1.